The Hall–Kier alpha value is -2.70. The van der Waals surface area contributed by atoms with Gasteiger partial charge in [0.05, 0.1) is 5.39 Å². The summed E-state index contributed by atoms with van der Waals surface area (Å²) in [4.78, 5) is 42.2. The molecule has 0 bridgehead atoms. The molecule has 2 aromatic heterocycles. The van der Waals surface area contributed by atoms with E-state index in [4.69, 9.17) is 9.47 Å². The standard InChI is InChI=1S/C24H32N2O5/c1-6-26-12-19(22(28)18-10-8-16(5)25-23(18)26)24(29)30-13-21(27)31-20-11-15(4)7-9-17(20)14(2)3/h8,10,12,14-15,17,20H,6-7,9,11,13H2,1-5H3/t15-,17+,20-/m1/s1. The molecule has 2 aromatic rings. The minimum absolute atomic E-state index is 0.112. The van der Waals surface area contributed by atoms with E-state index in [1.807, 2.05) is 13.8 Å². The highest BCUT2D eigenvalue weighted by atomic mass is 16.6. The predicted molar refractivity (Wildman–Crippen MR) is 118 cm³/mol. The second-order valence-corrected chi connectivity index (χ2v) is 8.91. The Balaban J connectivity index is 1.71. The van der Waals surface area contributed by atoms with Gasteiger partial charge in [-0.3, -0.25) is 4.79 Å². The lowest BCUT2D eigenvalue weighted by molar-refractivity contribution is -0.159. The number of rotatable bonds is 6. The molecule has 0 saturated heterocycles. The molecule has 0 aromatic carbocycles. The van der Waals surface area contributed by atoms with Crippen molar-refractivity contribution in [2.24, 2.45) is 17.8 Å². The quantitative estimate of drug-likeness (QED) is 0.649. The van der Waals surface area contributed by atoms with Gasteiger partial charge in [0.25, 0.3) is 0 Å². The Morgan fingerprint density at radius 1 is 1.26 bits per heavy atom. The molecule has 168 valence electrons. The van der Waals surface area contributed by atoms with Crippen LogP contribution in [0.25, 0.3) is 11.0 Å². The first kappa shape index (κ1) is 23.0. The van der Waals surface area contributed by atoms with Crippen molar-refractivity contribution in [1.82, 2.24) is 9.55 Å². The molecular formula is C24H32N2O5. The Kier molecular flexibility index (Phi) is 7.13. The smallest absolute Gasteiger partial charge is 0.344 e. The van der Waals surface area contributed by atoms with Crippen LogP contribution in [0, 0.1) is 24.7 Å². The fraction of sp³-hybridized carbons (Fsp3) is 0.583. The number of hydrogen-bond donors (Lipinski definition) is 0. The summed E-state index contributed by atoms with van der Waals surface area (Å²) in [6, 6.07) is 3.39. The van der Waals surface area contributed by atoms with Crippen LogP contribution >= 0.6 is 0 Å². The van der Waals surface area contributed by atoms with Crippen LogP contribution in [0.3, 0.4) is 0 Å². The summed E-state index contributed by atoms with van der Waals surface area (Å²) in [7, 11) is 0. The second kappa shape index (κ2) is 9.62. The van der Waals surface area contributed by atoms with E-state index in [1.165, 1.54) is 6.20 Å². The highest BCUT2D eigenvalue weighted by Crippen LogP contribution is 2.35. The summed E-state index contributed by atoms with van der Waals surface area (Å²) in [6.07, 6.45) is 4.26. The normalized spacial score (nSPS) is 21.3. The lowest BCUT2D eigenvalue weighted by Crippen LogP contribution is -2.37. The summed E-state index contributed by atoms with van der Waals surface area (Å²) in [5, 5.41) is 0.348. The van der Waals surface area contributed by atoms with Gasteiger partial charge < -0.3 is 14.0 Å². The van der Waals surface area contributed by atoms with Gasteiger partial charge in [-0.05, 0) is 56.6 Å². The molecular weight excluding hydrogens is 396 g/mol. The van der Waals surface area contributed by atoms with E-state index in [-0.39, 0.29) is 11.7 Å². The van der Waals surface area contributed by atoms with E-state index in [0.717, 1.165) is 25.0 Å². The van der Waals surface area contributed by atoms with Crippen LogP contribution in [0.15, 0.2) is 23.1 Å². The zero-order valence-electron chi connectivity index (χ0n) is 19.0. The summed E-state index contributed by atoms with van der Waals surface area (Å²) in [5.41, 5.74) is 0.740. The average molecular weight is 429 g/mol. The Morgan fingerprint density at radius 3 is 2.68 bits per heavy atom. The third-order valence-electron chi connectivity index (χ3n) is 6.19. The number of carbonyl (C=O) groups is 2. The Bertz CT molecular complexity index is 1030. The van der Waals surface area contributed by atoms with E-state index in [1.54, 1.807) is 16.7 Å². The van der Waals surface area contributed by atoms with Crippen molar-refractivity contribution < 1.29 is 19.1 Å². The molecule has 1 fully saturated rings. The summed E-state index contributed by atoms with van der Waals surface area (Å²) >= 11 is 0. The van der Waals surface area contributed by atoms with Gasteiger partial charge in [0, 0.05) is 18.4 Å². The van der Waals surface area contributed by atoms with Gasteiger partial charge in [0.1, 0.15) is 17.3 Å². The van der Waals surface area contributed by atoms with Crippen LogP contribution in [0.2, 0.25) is 0 Å². The number of ether oxygens (including phenoxy) is 2. The van der Waals surface area contributed by atoms with Gasteiger partial charge in [-0.15, -0.1) is 0 Å². The molecule has 1 saturated carbocycles. The van der Waals surface area contributed by atoms with E-state index in [2.05, 4.69) is 25.8 Å². The number of esters is 2. The molecule has 0 N–H and O–H groups in total. The van der Waals surface area contributed by atoms with Crippen molar-refractivity contribution in [2.45, 2.75) is 66.5 Å². The fourth-order valence-corrected chi connectivity index (χ4v) is 4.40. The van der Waals surface area contributed by atoms with Crippen LogP contribution in [0.4, 0.5) is 0 Å². The van der Waals surface area contributed by atoms with Crippen LogP contribution < -0.4 is 5.43 Å². The lowest BCUT2D eigenvalue weighted by Gasteiger charge is -2.36. The van der Waals surface area contributed by atoms with Crippen molar-refractivity contribution in [3.8, 4) is 0 Å². The molecule has 7 nitrogen and oxygen atoms in total. The van der Waals surface area contributed by atoms with Crippen molar-refractivity contribution >= 4 is 23.0 Å². The molecule has 0 amide bonds. The average Bonchev–Trinajstić information content (AvgIpc) is 2.72. The summed E-state index contributed by atoms with van der Waals surface area (Å²) in [6.45, 7) is 10.2. The molecule has 3 atom stereocenters. The molecule has 1 aliphatic rings. The van der Waals surface area contributed by atoms with Crippen molar-refractivity contribution in [3.63, 3.8) is 0 Å². The number of pyridine rings is 2. The van der Waals surface area contributed by atoms with E-state index in [0.29, 0.717) is 35.3 Å². The van der Waals surface area contributed by atoms with E-state index in [9.17, 15) is 14.4 Å². The monoisotopic (exact) mass is 428 g/mol. The number of carbonyl (C=O) groups excluding carboxylic acids is 2. The van der Waals surface area contributed by atoms with Gasteiger partial charge in [-0.1, -0.05) is 27.2 Å². The van der Waals surface area contributed by atoms with Gasteiger partial charge in [-0.25, -0.2) is 14.6 Å². The van der Waals surface area contributed by atoms with Crippen LogP contribution in [-0.4, -0.2) is 34.2 Å². The molecule has 0 spiro atoms. The largest absolute Gasteiger partial charge is 0.460 e. The summed E-state index contributed by atoms with van der Waals surface area (Å²) < 4.78 is 12.6. The maximum absolute atomic E-state index is 12.8. The lowest BCUT2D eigenvalue weighted by atomic mass is 9.75. The number of nitrogens with zero attached hydrogens (tertiary/aromatic N) is 2. The van der Waals surface area contributed by atoms with Gasteiger partial charge in [0.2, 0.25) is 5.43 Å². The highest BCUT2D eigenvalue weighted by Gasteiger charge is 2.33. The van der Waals surface area contributed by atoms with Crippen molar-refractivity contribution in [1.29, 1.82) is 0 Å². The second-order valence-electron chi connectivity index (χ2n) is 8.91. The minimum atomic E-state index is -0.830. The molecule has 0 unspecified atom stereocenters. The molecule has 3 rings (SSSR count). The Labute approximate surface area is 182 Å². The zero-order valence-corrected chi connectivity index (χ0v) is 19.0. The molecule has 7 heteroatoms. The topological polar surface area (TPSA) is 87.5 Å². The molecule has 0 radical (unpaired) electrons. The summed E-state index contributed by atoms with van der Waals surface area (Å²) in [5.74, 6) is -0.187. The first-order valence-electron chi connectivity index (χ1n) is 11.1. The SMILES string of the molecule is CCn1cc(C(=O)OCC(=O)O[C@@H]2C[C@H](C)CC[C@H]2C(C)C)c(=O)c2ccc(C)nc21. The predicted octanol–water partition coefficient (Wildman–Crippen LogP) is 3.89. The molecule has 2 heterocycles. The van der Waals surface area contributed by atoms with Crippen molar-refractivity contribution in [3.05, 3.63) is 39.8 Å². The van der Waals surface area contributed by atoms with Gasteiger partial charge >= 0.3 is 11.9 Å². The Morgan fingerprint density at radius 2 is 2.00 bits per heavy atom. The third-order valence-corrected chi connectivity index (χ3v) is 6.19. The molecule has 31 heavy (non-hydrogen) atoms. The van der Waals surface area contributed by atoms with Gasteiger partial charge in [0.15, 0.2) is 6.61 Å². The molecule has 0 aliphatic heterocycles. The zero-order chi connectivity index (χ0) is 22.7. The van der Waals surface area contributed by atoms with Gasteiger partial charge in [-0.2, -0.15) is 0 Å². The highest BCUT2D eigenvalue weighted by molar-refractivity contribution is 5.94. The van der Waals surface area contributed by atoms with Crippen LogP contribution in [0.1, 0.15) is 63.0 Å². The number of fused-ring (bicyclic) bond motifs is 1. The maximum Gasteiger partial charge on any atom is 0.344 e. The number of aryl methyl sites for hydroxylation is 2. The molecule has 1 aliphatic carbocycles. The first-order valence-corrected chi connectivity index (χ1v) is 11.1. The third kappa shape index (κ3) is 5.14. The minimum Gasteiger partial charge on any atom is -0.460 e. The van der Waals surface area contributed by atoms with E-state index >= 15 is 0 Å². The van der Waals surface area contributed by atoms with Crippen LogP contribution in [0.5, 0.6) is 0 Å². The first-order chi connectivity index (χ1) is 14.7. The fourth-order valence-electron chi connectivity index (χ4n) is 4.40. The van der Waals surface area contributed by atoms with E-state index < -0.39 is 24.0 Å². The van der Waals surface area contributed by atoms with Crippen molar-refractivity contribution in [2.75, 3.05) is 6.61 Å². The van der Waals surface area contributed by atoms with Crippen LogP contribution in [-0.2, 0) is 20.8 Å². The maximum atomic E-state index is 12.8. The number of hydrogen-bond acceptors (Lipinski definition) is 6. The number of aromatic nitrogens is 2.